The SMILES string of the molecule is Cc1cc(C)c(NC(=O)CN2CCN(CC(=O)Nc3c(C)cccc3C)CC2)c(C)c1. The maximum absolute atomic E-state index is 12.6. The molecule has 31 heavy (non-hydrogen) atoms. The highest BCUT2D eigenvalue weighted by molar-refractivity contribution is 5.94. The monoisotopic (exact) mass is 422 g/mol. The summed E-state index contributed by atoms with van der Waals surface area (Å²) >= 11 is 0. The molecule has 1 saturated heterocycles. The molecular formula is C25H34N4O2. The molecule has 1 aliphatic rings. The Morgan fingerprint density at radius 3 is 1.52 bits per heavy atom. The molecule has 0 spiro atoms. The molecule has 2 amide bonds. The van der Waals surface area contributed by atoms with E-state index in [4.69, 9.17) is 0 Å². The fourth-order valence-corrected chi connectivity index (χ4v) is 4.26. The van der Waals surface area contributed by atoms with E-state index in [1.807, 2.05) is 45.9 Å². The van der Waals surface area contributed by atoms with Gasteiger partial charge in [0.25, 0.3) is 0 Å². The highest BCUT2D eigenvalue weighted by Crippen LogP contribution is 2.22. The van der Waals surface area contributed by atoms with E-state index in [9.17, 15) is 9.59 Å². The smallest absolute Gasteiger partial charge is 0.238 e. The minimum atomic E-state index is 0.00825. The zero-order valence-corrected chi connectivity index (χ0v) is 19.3. The van der Waals surface area contributed by atoms with Gasteiger partial charge in [-0.05, 0) is 56.9 Å². The van der Waals surface area contributed by atoms with Crippen LogP contribution >= 0.6 is 0 Å². The van der Waals surface area contributed by atoms with Gasteiger partial charge in [0.15, 0.2) is 0 Å². The Labute approximate surface area is 185 Å². The lowest BCUT2D eigenvalue weighted by Crippen LogP contribution is -2.50. The van der Waals surface area contributed by atoms with Crippen molar-refractivity contribution in [2.75, 3.05) is 49.9 Å². The third kappa shape index (κ3) is 6.15. The molecule has 0 saturated carbocycles. The molecule has 2 aromatic carbocycles. The molecule has 2 N–H and O–H groups in total. The zero-order chi connectivity index (χ0) is 22.5. The van der Waals surface area contributed by atoms with E-state index in [0.717, 1.165) is 59.8 Å². The largest absolute Gasteiger partial charge is 0.324 e. The van der Waals surface area contributed by atoms with Crippen LogP contribution in [0.1, 0.15) is 27.8 Å². The van der Waals surface area contributed by atoms with E-state index in [0.29, 0.717) is 13.1 Å². The molecule has 6 nitrogen and oxygen atoms in total. The normalized spacial score (nSPS) is 15.0. The van der Waals surface area contributed by atoms with Crippen LogP contribution in [0.25, 0.3) is 0 Å². The minimum absolute atomic E-state index is 0.00825. The van der Waals surface area contributed by atoms with Crippen molar-refractivity contribution >= 4 is 23.2 Å². The summed E-state index contributed by atoms with van der Waals surface area (Å²) in [5.41, 5.74) is 7.34. The van der Waals surface area contributed by atoms with Crippen LogP contribution in [0.3, 0.4) is 0 Å². The Bertz CT molecular complexity index is 919. The quantitative estimate of drug-likeness (QED) is 0.749. The van der Waals surface area contributed by atoms with Crippen molar-refractivity contribution in [3.8, 4) is 0 Å². The highest BCUT2D eigenvalue weighted by Gasteiger charge is 2.21. The number of rotatable bonds is 6. The summed E-state index contributed by atoms with van der Waals surface area (Å²) in [6.45, 7) is 14.0. The van der Waals surface area contributed by atoms with Gasteiger partial charge >= 0.3 is 0 Å². The average Bonchev–Trinajstić information content (AvgIpc) is 2.69. The van der Waals surface area contributed by atoms with Crippen molar-refractivity contribution in [1.82, 2.24) is 9.80 Å². The fraction of sp³-hybridized carbons (Fsp3) is 0.440. The van der Waals surface area contributed by atoms with E-state index < -0.39 is 0 Å². The first-order valence-electron chi connectivity index (χ1n) is 10.9. The van der Waals surface area contributed by atoms with Crippen molar-refractivity contribution in [2.45, 2.75) is 34.6 Å². The maximum atomic E-state index is 12.6. The van der Waals surface area contributed by atoms with Gasteiger partial charge in [-0.2, -0.15) is 0 Å². The second-order valence-corrected chi connectivity index (χ2v) is 8.69. The number of anilines is 2. The second kappa shape index (κ2) is 10.1. The Kier molecular flexibility index (Phi) is 7.46. The number of para-hydroxylation sites is 1. The van der Waals surface area contributed by atoms with Crippen molar-refractivity contribution in [2.24, 2.45) is 0 Å². The topological polar surface area (TPSA) is 64.7 Å². The summed E-state index contributed by atoms with van der Waals surface area (Å²) < 4.78 is 0. The lowest BCUT2D eigenvalue weighted by atomic mass is 10.1. The van der Waals surface area contributed by atoms with Gasteiger partial charge in [-0.25, -0.2) is 0 Å². The molecule has 166 valence electrons. The van der Waals surface area contributed by atoms with Gasteiger partial charge in [0.1, 0.15) is 0 Å². The van der Waals surface area contributed by atoms with Crippen LogP contribution in [-0.4, -0.2) is 60.9 Å². The van der Waals surface area contributed by atoms with Crippen LogP contribution in [0.5, 0.6) is 0 Å². The first-order chi connectivity index (χ1) is 14.7. The zero-order valence-electron chi connectivity index (χ0n) is 19.3. The summed E-state index contributed by atoms with van der Waals surface area (Å²) in [5, 5.41) is 6.13. The number of benzene rings is 2. The Morgan fingerprint density at radius 1 is 0.710 bits per heavy atom. The number of amides is 2. The molecule has 1 heterocycles. The maximum Gasteiger partial charge on any atom is 0.238 e. The molecule has 0 atom stereocenters. The summed E-state index contributed by atoms with van der Waals surface area (Å²) in [6.07, 6.45) is 0. The number of nitrogens with one attached hydrogen (secondary N) is 2. The summed E-state index contributed by atoms with van der Waals surface area (Å²) in [5.74, 6) is 0.0187. The Hall–Kier alpha value is -2.70. The van der Waals surface area contributed by atoms with Gasteiger partial charge in [-0.15, -0.1) is 0 Å². The van der Waals surface area contributed by atoms with Gasteiger partial charge in [-0.3, -0.25) is 19.4 Å². The predicted molar refractivity (Wildman–Crippen MR) is 127 cm³/mol. The number of aryl methyl sites for hydroxylation is 5. The van der Waals surface area contributed by atoms with Crippen molar-refractivity contribution < 1.29 is 9.59 Å². The molecule has 0 aliphatic carbocycles. The number of hydrogen-bond acceptors (Lipinski definition) is 4. The highest BCUT2D eigenvalue weighted by atomic mass is 16.2. The predicted octanol–water partition coefficient (Wildman–Crippen LogP) is 3.42. The van der Waals surface area contributed by atoms with Gasteiger partial charge < -0.3 is 10.6 Å². The van der Waals surface area contributed by atoms with Crippen LogP contribution in [0.2, 0.25) is 0 Å². The molecule has 0 radical (unpaired) electrons. The van der Waals surface area contributed by atoms with Crippen molar-refractivity contribution in [1.29, 1.82) is 0 Å². The van der Waals surface area contributed by atoms with Gasteiger partial charge in [0.2, 0.25) is 11.8 Å². The molecule has 1 aliphatic heterocycles. The number of nitrogens with zero attached hydrogens (tertiary/aromatic N) is 2. The average molecular weight is 423 g/mol. The van der Waals surface area contributed by atoms with E-state index in [-0.39, 0.29) is 11.8 Å². The standard InChI is InChI=1S/C25H34N4O2/c1-17-13-20(4)25(21(5)14-17)27-23(31)16-29-11-9-28(10-12-29)15-22(30)26-24-18(2)7-6-8-19(24)3/h6-8,13-14H,9-12,15-16H2,1-5H3,(H,26,30)(H,27,31). The van der Waals surface area contributed by atoms with Crippen LogP contribution in [0, 0.1) is 34.6 Å². The molecule has 0 aromatic heterocycles. The number of carbonyl (C=O) groups excluding carboxylic acids is 2. The molecular weight excluding hydrogens is 388 g/mol. The number of carbonyl (C=O) groups is 2. The van der Waals surface area contributed by atoms with E-state index >= 15 is 0 Å². The van der Waals surface area contributed by atoms with Gasteiger partial charge in [-0.1, -0.05) is 35.9 Å². The van der Waals surface area contributed by atoms with Crippen LogP contribution < -0.4 is 10.6 Å². The second-order valence-electron chi connectivity index (χ2n) is 8.69. The molecule has 0 unspecified atom stereocenters. The molecule has 2 aromatic rings. The lowest BCUT2D eigenvalue weighted by molar-refractivity contribution is -0.120. The van der Waals surface area contributed by atoms with Gasteiger partial charge in [0.05, 0.1) is 13.1 Å². The Balaban J connectivity index is 1.45. The summed E-state index contributed by atoms with van der Waals surface area (Å²) in [6, 6.07) is 10.2. The van der Waals surface area contributed by atoms with Crippen molar-refractivity contribution in [3.05, 3.63) is 58.1 Å². The lowest BCUT2D eigenvalue weighted by Gasteiger charge is -2.34. The Morgan fingerprint density at radius 2 is 1.10 bits per heavy atom. The van der Waals surface area contributed by atoms with E-state index in [1.54, 1.807) is 0 Å². The molecule has 6 heteroatoms. The first kappa shape index (κ1) is 23.0. The minimum Gasteiger partial charge on any atom is -0.324 e. The molecule has 3 rings (SSSR count). The van der Waals surface area contributed by atoms with Crippen LogP contribution in [0.15, 0.2) is 30.3 Å². The summed E-state index contributed by atoms with van der Waals surface area (Å²) in [7, 11) is 0. The summed E-state index contributed by atoms with van der Waals surface area (Å²) in [4.78, 5) is 29.4. The van der Waals surface area contributed by atoms with E-state index in [1.165, 1.54) is 5.56 Å². The van der Waals surface area contributed by atoms with E-state index in [2.05, 4.69) is 39.5 Å². The third-order valence-electron chi connectivity index (χ3n) is 5.89. The molecule has 1 fully saturated rings. The molecule has 0 bridgehead atoms. The van der Waals surface area contributed by atoms with Gasteiger partial charge in [0, 0.05) is 37.6 Å². The first-order valence-corrected chi connectivity index (χ1v) is 10.9. The third-order valence-corrected chi connectivity index (χ3v) is 5.89. The van der Waals surface area contributed by atoms with Crippen molar-refractivity contribution in [3.63, 3.8) is 0 Å². The number of hydrogen-bond donors (Lipinski definition) is 2. The fourth-order valence-electron chi connectivity index (χ4n) is 4.26. The van der Waals surface area contributed by atoms with Crippen LogP contribution in [0.4, 0.5) is 11.4 Å². The number of piperazine rings is 1. The van der Waals surface area contributed by atoms with Crippen LogP contribution in [-0.2, 0) is 9.59 Å².